The third-order valence-electron chi connectivity index (χ3n) is 5.31. The highest BCUT2D eigenvalue weighted by Crippen LogP contribution is 2.31. The van der Waals surface area contributed by atoms with E-state index in [1.54, 1.807) is 12.1 Å². The second kappa shape index (κ2) is 7.73. The fourth-order valence-electron chi connectivity index (χ4n) is 3.40. The zero-order valence-corrected chi connectivity index (χ0v) is 17.4. The van der Waals surface area contributed by atoms with Crippen LogP contribution in [-0.2, 0) is 19.0 Å². The molecule has 148 valence electrons. The molecule has 0 radical (unpaired) electrons. The number of hydrogen-bond donors (Lipinski definition) is 0. The summed E-state index contributed by atoms with van der Waals surface area (Å²) in [4.78, 5) is 10.3. The Hall–Kier alpha value is -2.70. The molecule has 3 heterocycles. The average molecular weight is 383 g/mol. The Bertz CT molecular complexity index is 946. The van der Waals surface area contributed by atoms with E-state index in [1.807, 2.05) is 42.6 Å². The third-order valence-corrected chi connectivity index (χ3v) is 5.31. The normalized spacial score (nSPS) is 13.1. The lowest BCUT2D eigenvalue weighted by molar-refractivity contribution is -0.766. The fraction of sp³-hybridized carbons (Fsp3) is 0.476. The maximum Gasteiger partial charge on any atom is 0.303 e. The van der Waals surface area contributed by atoms with Gasteiger partial charge in [-0.2, -0.15) is 9.07 Å². The Balaban J connectivity index is 1.80. The second-order valence-electron chi connectivity index (χ2n) is 8.13. The molecule has 1 unspecified atom stereocenters. The molecule has 0 spiro atoms. The number of aromatic nitrogens is 6. The van der Waals surface area contributed by atoms with Crippen molar-refractivity contribution in [2.75, 3.05) is 0 Å². The first kappa shape index (κ1) is 20.0. The molecule has 0 aliphatic rings. The number of tetrazole rings is 1. The average Bonchev–Trinajstić information content (AvgIpc) is 3.02. The number of hydrogen-bond acceptors (Lipinski definition) is 4. The standard InChI is InChI=1S/C21H28FN6/c1-14(2)20-25-26-28(27(20)6)13-15(3)16-9-10-18(24-12-16)21(4,5)17-8-7-11-23-19(17)22/h7-12,14-15H,13H2,1-6H3/q+1. The monoisotopic (exact) mass is 383 g/mol. The molecule has 0 bridgehead atoms. The van der Waals surface area contributed by atoms with Crippen LogP contribution in [0.15, 0.2) is 36.7 Å². The van der Waals surface area contributed by atoms with Crippen LogP contribution in [0, 0.1) is 5.95 Å². The van der Waals surface area contributed by atoms with Gasteiger partial charge in [0.1, 0.15) is 5.10 Å². The van der Waals surface area contributed by atoms with Crippen LogP contribution in [0.2, 0.25) is 0 Å². The highest BCUT2D eigenvalue weighted by molar-refractivity contribution is 5.33. The van der Waals surface area contributed by atoms with Gasteiger partial charge in [0.05, 0.1) is 19.3 Å². The number of nitrogens with zero attached hydrogens (tertiary/aromatic N) is 6. The van der Waals surface area contributed by atoms with Crippen molar-refractivity contribution in [1.82, 2.24) is 25.1 Å². The van der Waals surface area contributed by atoms with Crippen molar-refractivity contribution in [3.63, 3.8) is 0 Å². The van der Waals surface area contributed by atoms with Crippen molar-refractivity contribution >= 4 is 0 Å². The fourth-order valence-corrected chi connectivity index (χ4v) is 3.40. The second-order valence-corrected chi connectivity index (χ2v) is 8.13. The molecule has 3 rings (SSSR count). The Labute approximate surface area is 165 Å². The van der Waals surface area contributed by atoms with Crippen molar-refractivity contribution in [2.24, 2.45) is 7.05 Å². The number of rotatable bonds is 6. The van der Waals surface area contributed by atoms with Gasteiger partial charge in [0, 0.05) is 35.2 Å². The van der Waals surface area contributed by atoms with Crippen LogP contribution in [-0.4, -0.2) is 25.1 Å². The Morgan fingerprint density at radius 3 is 2.46 bits per heavy atom. The van der Waals surface area contributed by atoms with Crippen LogP contribution in [0.3, 0.4) is 0 Å². The first-order valence-corrected chi connectivity index (χ1v) is 9.59. The van der Waals surface area contributed by atoms with Crippen molar-refractivity contribution in [2.45, 2.75) is 58.4 Å². The van der Waals surface area contributed by atoms with Gasteiger partial charge in [0.15, 0.2) is 5.21 Å². The molecule has 0 aliphatic heterocycles. The van der Waals surface area contributed by atoms with Gasteiger partial charge in [-0.05, 0) is 31.5 Å². The molecule has 0 saturated heterocycles. The van der Waals surface area contributed by atoms with E-state index in [4.69, 9.17) is 0 Å². The Morgan fingerprint density at radius 1 is 1.14 bits per heavy atom. The van der Waals surface area contributed by atoms with E-state index in [2.05, 4.69) is 47.1 Å². The SMILES string of the molecule is CC(C)c1nnn(CC(C)c2ccc(C(C)(C)c3cccnc3F)nc2)[n+]1C. The molecular weight excluding hydrogens is 355 g/mol. The summed E-state index contributed by atoms with van der Waals surface area (Å²) in [5.74, 6) is 1.05. The topological polar surface area (TPSA) is 60.4 Å². The van der Waals surface area contributed by atoms with Gasteiger partial charge in [-0.1, -0.05) is 37.7 Å². The van der Waals surface area contributed by atoms with Crippen LogP contribution in [0.25, 0.3) is 0 Å². The van der Waals surface area contributed by atoms with E-state index >= 15 is 0 Å². The van der Waals surface area contributed by atoms with E-state index in [1.165, 1.54) is 6.20 Å². The highest BCUT2D eigenvalue weighted by Gasteiger charge is 2.28. The summed E-state index contributed by atoms with van der Waals surface area (Å²) in [6.07, 6.45) is 3.33. The lowest BCUT2D eigenvalue weighted by Crippen LogP contribution is -2.44. The smallest absolute Gasteiger partial charge is 0.260 e. The molecule has 3 aromatic rings. The minimum atomic E-state index is -0.565. The maximum atomic E-state index is 14.2. The van der Waals surface area contributed by atoms with Crippen molar-refractivity contribution < 1.29 is 9.07 Å². The molecule has 6 nitrogen and oxygen atoms in total. The van der Waals surface area contributed by atoms with Crippen molar-refractivity contribution in [3.05, 3.63) is 65.3 Å². The largest absolute Gasteiger partial charge is 0.303 e. The summed E-state index contributed by atoms with van der Waals surface area (Å²) in [5.41, 5.74) is 1.89. The highest BCUT2D eigenvalue weighted by atomic mass is 19.1. The van der Waals surface area contributed by atoms with Gasteiger partial charge in [0.2, 0.25) is 5.95 Å². The third kappa shape index (κ3) is 3.79. The van der Waals surface area contributed by atoms with Crippen LogP contribution >= 0.6 is 0 Å². The molecule has 0 N–H and O–H groups in total. The summed E-state index contributed by atoms with van der Waals surface area (Å²) in [6.45, 7) is 11.0. The minimum Gasteiger partial charge on any atom is -0.260 e. The zero-order chi connectivity index (χ0) is 20.5. The van der Waals surface area contributed by atoms with Gasteiger partial charge in [-0.3, -0.25) is 4.98 Å². The van der Waals surface area contributed by atoms with E-state index in [-0.39, 0.29) is 5.92 Å². The maximum absolute atomic E-state index is 14.2. The Morgan fingerprint density at radius 2 is 1.89 bits per heavy atom. The lowest BCUT2D eigenvalue weighted by atomic mass is 9.81. The molecule has 1 atom stereocenters. The first-order valence-electron chi connectivity index (χ1n) is 9.59. The van der Waals surface area contributed by atoms with Crippen LogP contribution < -0.4 is 4.68 Å². The van der Waals surface area contributed by atoms with Gasteiger partial charge in [-0.15, -0.1) is 0 Å². The summed E-state index contributed by atoms with van der Waals surface area (Å²) < 4.78 is 16.2. The zero-order valence-electron chi connectivity index (χ0n) is 17.4. The van der Waals surface area contributed by atoms with E-state index in [0.29, 0.717) is 18.0 Å². The molecule has 0 saturated carbocycles. The predicted octanol–water partition coefficient (Wildman–Crippen LogP) is 3.28. The van der Waals surface area contributed by atoms with Gasteiger partial charge in [-0.25, -0.2) is 4.98 Å². The molecule has 0 amide bonds. The predicted molar refractivity (Wildman–Crippen MR) is 104 cm³/mol. The first-order chi connectivity index (χ1) is 13.2. The van der Waals surface area contributed by atoms with E-state index in [0.717, 1.165) is 17.1 Å². The van der Waals surface area contributed by atoms with Crippen molar-refractivity contribution in [1.29, 1.82) is 0 Å². The molecule has 7 heteroatoms. The van der Waals surface area contributed by atoms with Crippen LogP contribution in [0.4, 0.5) is 4.39 Å². The molecule has 28 heavy (non-hydrogen) atoms. The van der Waals surface area contributed by atoms with Crippen molar-refractivity contribution in [3.8, 4) is 0 Å². The van der Waals surface area contributed by atoms with E-state index < -0.39 is 11.4 Å². The molecule has 0 aliphatic carbocycles. The summed E-state index contributed by atoms with van der Waals surface area (Å²) >= 11 is 0. The Kier molecular flexibility index (Phi) is 5.54. The minimum absolute atomic E-state index is 0.215. The number of halogens is 1. The summed E-state index contributed by atoms with van der Waals surface area (Å²) in [7, 11) is 1.98. The van der Waals surface area contributed by atoms with E-state index in [9.17, 15) is 4.39 Å². The van der Waals surface area contributed by atoms with Crippen LogP contribution in [0.1, 0.15) is 69.1 Å². The van der Waals surface area contributed by atoms with Gasteiger partial charge in [0.25, 0.3) is 0 Å². The summed E-state index contributed by atoms with van der Waals surface area (Å²) in [6, 6.07) is 7.54. The van der Waals surface area contributed by atoms with Gasteiger partial charge < -0.3 is 0 Å². The quantitative estimate of drug-likeness (QED) is 0.484. The molecule has 0 fully saturated rings. The lowest BCUT2D eigenvalue weighted by Gasteiger charge is -2.25. The molecule has 3 aromatic heterocycles. The summed E-state index contributed by atoms with van der Waals surface area (Å²) in [5, 5.41) is 8.54. The number of pyridine rings is 2. The molecule has 0 aromatic carbocycles. The van der Waals surface area contributed by atoms with Gasteiger partial charge >= 0.3 is 5.82 Å². The molecular formula is C21H28FN6+. The van der Waals surface area contributed by atoms with Crippen LogP contribution in [0.5, 0.6) is 0 Å².